The van der Waals surface area contributed by atoms with Gasteiger partial charge in [-0.05, 0) is 48.9 Å². The van der Waals surface area contributed by atoms with Crippen LogP contribution in [0.15, 0.2) is 36.4 Å². The molecule has 2 aromatic heterocycles. The number of anilines is 1. The lowest BCUT2D eigenvalue weighted by Gasteiger charge is -2.17. The van der Waals surface area contributed by atoms with E-state index in [1.807, 2.05) is 0 Å². The molecule has 1 amide bonds. The van der Waals surface area contributed by atoms with Gasteiger partial charge in [0.2, 0.25) is 5.95 Å². The quantitative estimate of drug-likeness (QED) is 0.645. The van der Waals surface area contributed by atoms with Crippen LogP contribution in [0.4, 0.5) is 23.9 Å². The SMILES string of the molecule is Cc1cc(-c2c(COC(=O)N(C)C)nc(N)nc2-c2ccc(F)cc2)cc(C(F)F)n1. The molecule has 3 rings (SSSR count). The minimum Gasteiger partial charge on any atom is -0.443 e. The second-order valence-electron chi connectivity index (χ2n) is 6.93. The van der Waals surface area contributed by atoms with Gasteiger partial charge in [0.25, 0.3) is 6.43 Å². The molecule has 0 aliphatic rings. The summed E-state index contributed by atoms with van der Waals surface area (Å²) in [6.45, 7) is 1.30. The van der Waals surface area contributed by atoms with E-state index < -0.39 is 24.0 Å². The zero-order valence-electron chi connectivity index (χ0n) is 17.1. The molecule has 2 N–H and O–H groups in total. The molecule has 2 heterocycles. The fourth-order valence-electron chi connectivity index (χ4n) is 2.96. The first-order valence-electron chi connectivity index (χ1n) is 9.19. The number of hydrogen-bond acceptors (Lipinski definition) is 6. The molecule has 0 unspecified atom stereocenters. The van der Waals surface area contributed by atoms with E-state index in [0.717, 1.165) is 0 Å². The van der Waals surface area contributed by atoms with Crippen LogP contribution in [0.3, 0.4) is 0 Å². The molecule has 162 valence electrons. The molecule has 0 radical (unpaired) electrons. The van der Waals surface area contributed by atoms with Crippen LogP contribution in [0.1, 0.15) is 23.5 Å². The van der Waals surface area contributed by atoms with Gasteiger partial charge < -0.3 is 15.4 Å². The van der Waals surface area contributed by atoms with Gasteiger partial charge in [0.15, 0.2) is 0 Å². The van der Waals surface area contributed by atoms with E-state index in [4.69, 9.17) is 10.5 Å². The van der Waals surface area contributed by atoms with Crippen LogP contribution < -0.4 is 5.73 Å². The fraction of sp³-hybridized carbons (Fsp3) is 0.238. The van der Waals surface area contributed by atoms with Crippen LogP contribution in [-0.2, 0) is 11.3 Å². The van der Waals surface area contributed by atoms with Crippen molar-refractivity contribution in [1.29, 1.82) is 0 Å². The molecule has 0 saturated heterocycles. The third-order valence-corrected chi connectivity index (χ3v) is 4.30. The summed E-state index contributed by atoms with van der Waals surface area (Å²) in [5.74, 6) is -0.564. The Labute approximate surface area is 176 Å². The van der Waals surface area contributed by atoms with Gasteiger partial charge in [-0.1, -0.05) is 0 Å². The molecule has 31 heavy (non-hydrogen) atoms. The Bertz CT molecular complexity index is 1100. The first-order chi connectivity index (χ1) is 14.7. The van der Waals surface area contributed by atoms with Crippen LogP contribution in [0.2, 0.25) is 0 Å². The molecule has 0 atom stereocenters. The van der Waals surface area contributed by atoms with Crippen LogP contribution in [-0.4, -0.2) is 40.0 Å². The van der Waals surface area contributed by atoms with Crippen LogP contribution in [0.5, 0.6) is 0 Å². The van der Waals surface area contributed by atoms with Crippen molar-refractivity contribution < 1.29 is 22.7 Å². The lowest BCUT2D eigenvalue weighted by molar-refractivity contribution is 0.111. The maximum absolute atomic E-state index is 13.5. The van der Waals surface area contributed by atoms with Gasteiger partial charge in [-0.3, -0.25) is 4.98 Å². The van der Waals surface area contributed by atoms with Crippen molar-refractivity contribution in [2.45, 2.75) is 20.0 Å². The van der Waals surface area contributed by atoms with Crippen molar-refractivity contribution in [2.75, 3.05) is 19.8 Å². The van der Waals surface area contributed by atoms with Gasteiger partial charge in [0.1, 0.15) is 18.1 Å². The van der Waals surface area contributed by atoms with E-state index in [-0.39, 0.29) is 23.9 Å². The van der Waals surface area contributed by atoms with Crippen LogP contribution in [0, 0.1) is 12.7 Å². The normalized spacial score (nSPS) is 10.9. The summed E-state index contributed by atoms with van der Waals surface area (Å²) in [6, 6.07) is 8.26. The molecule has 0 spiro atoms. The topological polar surface area (TPSA) is 94.2 Å². The Morgan fingerprint density at radius 2 is 1.77 bits per heavy atom. The van der Waals surface area contributed by atoms with Crippen molar-refractivity contribution in [2.24, 2.45) is 0 Å². The predicted octanol–water partition coefficient (Wildman–Crippen LogP) is 4.37. The van der Waals surface area contributed by atoms with E-state index in [9.17, 15) is 18.0 Å². The molecule has 0 aliphatic carbocycles. The maximum Gasteiger partial charge on any atom is 0.409 e. The number of hydrogen-bond donors (Lipinski definition) is 1. The van der Waals surface area contributed by atoms with Crippen molar-refractivity contribution in [3.8, 4) is 22.4 Å². The fourth-order valence-corrected chi connectivity index (χ4v) is 2.96. The first-order valence-corrected chi connectivity index (χ1v) is 9.19. The van der Waals surface area contributed by atoms with Gasteiger partial charge in [-0.15, -0.1) is 0 Å². The standard InChI is InChI=1S/C21H20F3N5O2/c1-11-8-13(9-15(26-11)19(23)24)17-16(10-31-21(30)29(2)3)27-20(25)28-18(17)12-4-6-14(22)7-5-12/h4-9,19H,10H2,1-3H3,(H2,25,27,28). The van der Waals surface area contributed by atoms with Crippen LogP contribution >= 0.6 is 0 Å². The highest BCUT2D eigenvalue weighted by Crippen LogP contribution is 2.35. The summed E-state index contributed by atoms with van der Waals surface area (Å²) in [5, 5.41) is 0. The zero-order valence-corrected chi connectivity index (χ0v) is 17.1. The summed E-state index contributed by atoms with van der Waals surface area (Å²) >= 11 is 0. The number of alkyl halides is 2. The Hall–Kier alpha value is -3.69. The van der Waals surface area contributed by atoms with Gasteiger partial charge in [0, 0.05) is 30.9 Å². The number of aryl methyl sites for hydroxylation is 1. The highest BCUT2D eigenvalue weighted by atomic mass is 19.3. The second-order valence-corrected chi connectivity index (χ2v) is 6.93. The van der Waals surface area contributed by atoms with Crippen LogP contribution in [0.25, 0.3) is 22.4 Å². The van der Waals surface area contributed by atoms with E-state index in [1.54, 1.807) is 13.0 Å². The molecular formula is C21H20F3N5O2. The molecular weight excluding hydrogens is 411 g/mol. The van der Waals surface area contributed by atoms with Crippen molar-refractivity contribution in [3.05, 3.63) is 59.3 Å². The average Bonchev–Trinajstić information content (AvgIpc) is 2.71. The lowest BCUT2D eigenvalue weighted by atomic mass is 9.97. The monoisotopic (exact) mass is 431 g/mol. The summed E-state index contributed by atoms with van der Waals surface area (Å²) in [7, 11) is 3.03. The summed E-state index contributed by atoms with van der Waals surface area (Å²) in [6.07, 6.45) is -3.41. The molecule has 0 saturated carbocycles. The molecule has 0 aliphatic heterocycles. The van der Waals surface area contributed by atoms with Gasteiger partial charge >= 0.3 is 6.09 Å². The smallest absolute Gasteiger partial charge is 0.409 e. The Balaban J connectivity index is 2.24. The van der Waals surface area contributed by atoms with Crippen molar-refractivity contribution in [3.63, 3.8) is 0 Å². The van der Waals surface area contributed by atoms with E-state index in [0.29, 0.717) is 22.4 Å². The number of amides is 1. The Morgan fingerprint density at radius 1 is 1.10 bits per heavy atom. The minimum absolute atomic E-state index is 0.112. The van der Waals surface area contributed by atoms with Gasteiger partial charge in [-0.25, -0.2) is 27.9 Å². The number of carbonyl (C=O) groups excluding carboxylic acids is 1. The summed E-state index contributed by atoms with van der Waals surface area (Å²) < 4.78 is 45.5. The highest BCUT2D eigenvalue weighted by molar-refractivity contribution is 5.83. The second kappa shape index (κ2) is 8.99. The summed E-state index contributed by atoms with van der Waals surface area (Å²) in [4.78, 5) is 25.4. The maximum atomic E-state index is 13.5. The van der Waals surface area contributed by atoms with E-state index >= 15 is 0 Å². The molecule has 3 aromatic rings. The number of nitrogen functional groups attached to an aromatic ring is 1. The first kappa shape index (κ1) is 22.0. The largest absolute Gasteiger partial charge is 0.443 e. The van der Waals surface area contributed by atoms with Crippen molar-refractivity contribution >= 4 is 12.0 Å². The van der Waals surface area contributed by atoms with Gasteiger partial charge in [-0.2, -0.15) is 0 Å². The molecule has 0 bridgehead atoms. The van der Waals surface area contributed by atoms with Crippen molar-refractivity contribution in [1.82, 2.24) is 19.9 Å². The molecule has 0 fully saturated rings. The minimum atomic E-state index is -2.79. The predicted molar refractivity (Wildman–Crippen MR) is 109 cm³/mol. The Kier molecular flexibility index (Phi) is 6.38. The summed E-state index contributed by atoms with van der Waals surface area (Å²) in [5.41, 5.74) is 7.46. The number of carbonyl (C=O) groups is 1. The Morgan fingerprint density at radius 3 is 2.39 bits per heavy atom. The zero-order chi connectivity index (χ0) is 22.7. The average molecular weight is 431 g/mol. The number of nitrogens with two attached hydrogens (primary N) is 1. The third kappa shape index (κ3) is 5.08. The number of nitrogens with zero attached hydrogens (tertiary/aromatic N) is 4. The number of aromatic nitrogens is 3. The number of halogens is 3. The number of ether oxygens (including phenoxy) is 1. The van der Waals surface area contributed by atoms with E-state index in [2.05, 4.69) is 15.0 Å². The third-order valence-electron chi connectivity index (χ3n) is 4.30. The number of pyridine rings is 1. The van der Waals surface area contributed by atoms with Gasteiger partial charge in [0.05, 0.1) is 11.4 Å². The number of benzene rings is 1. The molecule has 10 heteroatoms. The lowest BCUT2D eigenvalue weighted by Crippen LogP contribution is -2.23. The van der Waals surface area contributed by atoms with E-state index in [1.165, 1.54) is 49.3 Å². The molecule has 1 aromatic carbocycles. The highest BCUT2D eigenvalue weighted by Gasteiger charge is 2.21. The number of rotatable bonds is 5. The molecule has 7 nitrogen and oxygen atoms in total.